The zero-order valence-corrected chi connectivity index (χ0v) is 16.7. The predicted molar refractivity (Wildman–Crippen MR) is 111 cm³/mol. The standard InChI is InChI=1S/C23H23F2N3O/c1-13(2)9-18-12-27-21(17-10-19(24)23(29-4)20(25)11-17)22(28-18)16-7-5-15(6-8-16)14(3)26/h5-8,10-13H,3,9,26H2,1-2,4H3. The molecule has 29 heavy (non-hydrogen) atoms. The van der Waals surface area contributed by atoms with Crippen LogP contribution in [0.1, 0.15) is 25.1 Å². The van der Waals surface area contributed by atoms with E-state index in [9.17, 15) is 8.78 Å². The summed E-state index contributed by atoms with van der Waals surface area (Å²) in [5.74, 6) is -1.63. The Bertz CT molecular complexity index is 1020. The normalized spacial score (nSPS) is 11.0. The Morgan fingerprint density at radius 3 is 2.21 bits per heavy atom. The van der Waals surface area contributed by atoms with E-state index in [-0.39, 0.29) is 5.56 Å². The Hall–Kier alpha value is -3.28. The Morgan fingerprint density at radius 1 is 1.07 bits per heavy atom. The van der Waals surface area contributed by atoms with Crippen LogP contribution in [-0.2, 0) is 6.42 Å². The lowest BCUT2D eigenvalue weighted by Crippen LogP contribution is -2.03. The molecule has 0 spiro atoms. The van der Waals surface area contributed by atoms with E-state index < -0.39 is 17.4 Å². The van der Waals surface area contributed by atoms with Gasteiger partial charge in [0.1, 0.15) is 0 Å². The third kappa shape index (κ3) is 4.42. The molecule has 0 atom stereocenters. The van der Waals surface area contributed by atoms with Gasteiger partial charge in [0.05, 0.1) is 24.2 Å². The Balaban J connectivity index is 2.18. The minimum absolute atomic E-state index is 0.284. The maximum absolute atomic E-state index is 14.3. The van der Waals surface area contributed by atoms with Crippen molar-refractivity contribution in [3.05, 3.63) is 72.1 Å². The fourth-order valence-corrected chi connectivity index (χ4v) is 3.09. The number of nitrogens with two attached hydrogens (primary N) is 1. The first-order chi connectivity index (χ1) is 13.8. The molecule has 0 aliphatic heterocycles. The molecule has 0 fully saturated rings. The van der Waals surface area contributed by atoms with Crippen LogP contribution >= 0.6 is 0 Å². The molecule has 1 heterocycles. The van der Waals surface area contributed by atoms with Gasteiger partial charge in [-0.25, -0.2) is 13.8 Å². The van der Waals surface area contributed by atoms with Crippen molar-refractivity contribution in [2.75, 3.05) is 7.11 Å². The number of methoxy groups -OCH3 is 1. The monoisotopic (exact) mass is 395 g/mol. The van der Waals surface area contributed by atoms with Crippen LogP contribution in [0.4, 0.5) is 8.78 Å². The lowest BCUT2D eigenvalue weighted by Gasteiger charge is -2.13. The Labute approximate surface area is 169 Å². The molecule has 3 aromatic rings. The summed E-state index contributed by atoms with van der Waals surface area (Å²) >= 11 is 0. The largest absolute Gasteiger partial charge is 0.491 e. The van der Waals surface area contributed by atoms with Crippen molar-refractivity contribution in [1.29, 1.82) is 0 Å². The van der Waals surface area contributed by atoms with E-state index in [1.165, 1.54) is 19.2 Å². The number of nitrogens with zero attached hydrogens (tertiary/aromatic N) is 2. The lowest BCUT2D eigenvalue weighted by atomic mass is 10.0. The highest BCUT2D eigenvalue weighted by Crippen LogP contribution is 2.33. The van der Waals surface area contributed by atoms with Crippen molar-refractivity contribution >= 4 is 5.70 Å². The summed E-state index contributed by atoms with van der Waals surface area (Å²) in [6.07, 6.45) is 2.39. The molecule has 6 heteroatoms. The highest BCUT2D eigenvalue weighted by molar-refractivity contribution is 5.79. The number of ether oxygens (including phenoxy) is 1. The van der Waals surface area contributed by atoms with Crippen LogP contribution in [0.5, 0.6) is 5.75 Å². The fourth-order valence-electron chi connectivity index (χ4n) is 3.09. The topological polar surface area (TPSA) is 61.0 Å². The minimum atomic E-state index is -0.795. The first kappa shape index (κ1) is 20.5. The van der Waals surface area contributed by atoms with Gasteiger partial charge in [0.15, 0.2) is 17.4 Å². The molecule has 0 amide bonds. The molecule has 0 bridgehead atoms. The van der Waals surface area contributed by atoms with Crippen LogP contribution in [0, 0.1) is 17.6 Å². The number of aromatic nitrogens is 2. The van der Waals surface area contributed by atoms with Crippen LogP contribution in [0.3, 0.4) is 0 Å². The summed E-state index contributed by atoms with van der Waals surface area (Å²) in [4.78, 5) is 9.24. The van der Waals surface area contributed by atoms with Gasteiger partial charge in [0.25, 0.3) is 0 Å². The van der Waals surface area contributed by atoms with Crippen LogP contribution in [0.25, 0.3) is 28.2 Å². The summed E-state index contributed by atoms with van der Waals surface area (Å²) in [7, 11) is 1.22. The number of rotatable bonds is 6. The van der Waals surface area contributed by atoms with Gasteiger partial charge in [-0.05, 0) is 30.0 Å². The zero-order chi connectivity index (χ0) is 21.1. The number of hydrogen-bond donors (Lipinski definition) is 1. The predicted octanol–water partition coefficient (Wildman–Crippen LogP) is 5.23. The molecule has 0 aliphatic carbocycles. The van der Waals surface area contributed by atoms with E-state index in [1.54, 1.807) is 6.20 Å². The summed E-state index contributed by atoms with van der Waals surface area (Å²) in [5.41, 5.74) is 9.78. The Kier molecular flexibility index (Phi) is 5.92. The van der Waals surface area contributed by atoms with Crippen molar-refractivity contribution in [1.82, 2.24) is 9.97 Å². The Morgan fingerprint density at radius 2 is 1.69 bits per heavy atom. The summed E-state index contributed by atoms with van der Waals surface area (Å²) in [6.45, 7) is 7.91. The summed E-state index contributed by atoms with van der Waals surface area (Å²) < 4.78 is 33.3. The van der Waals surface area contributed by atoms with Crippen molar-refractivity contribution in [2.45, 2.75) is 20.3 Å². The molecule has 3 rings (SSSR count). The van der Waals surface area contributed by atoms with Crippen LogP contribution in [0.15, 0.2) is 49.2 Å². The van der Waals surface area contributed by atoms with E-state index in [1.807, 2.05) is 24.3 Å². The van der Waals surface area contributed by atoms with Crippen LogP contribution < -0.4 is 10.5 Å². The van der Waals surface area contributed by atoms with E-state index in [2.05, 4.69) is 25.4 Å². The van der Waals surface area contributed by atoms with E-state index in [0.717, 1.165) is 23.2 Å². The fraction of sp³-hybridized carbons (Fsp3) is 0.217. The molecule has 4 nitrogen and oxygen atoms in total. The van der Waals surface area contributed by atoms with Gasteiger partial charge in [0, 0.05) is 23.0 Å². The third-order valence-electron chi connectivity index (χ3n) is 4.44. The van der Waals surface area contributed by atoms with E-state index in [0.29, 0.717) is 23.0 Å². The second-order valence-electron chi connectivity index (χ2n) is 7.23. The van der Waals surface area contributed by atoms with Crippen LogP contribution in [0.2, 0.25) is 0 Å². The lowest BCUT2D eigenvalue weighted by molar-refractivity contribution is 0.360. The van der Waals surface area contributed by atoms with Gasteiger partial charge >= 0.3 is 0 Å². The van der Waals surface area contributed by atoms with Gasteiger partial charge in [-0.15, -0.1) is 0 Å². The summed E-state index contributed by atoms with van der Waals surface area (Å²) in [6, 6.07) is 9.74. The van der Waals surface area contributed by atoms with Gasteiger partial charge in [0.2, 0.25) is 0 Å². The highest BCUT2D eigenvalue weighted by Gasteiger charge is 2.18. The van der Waals surface area contributed by atoms with Crippen LogP contribution in [-0.4, -0.2) is 17.1 Å². The smallest absolute Gasteiger partial charge is 0.190 e. The molecule has 150 valence electrons. The number of halogens is 2. The first-order valence-corrected chi connectivity index (χ1v) is 9.24. The SMILES string of the molecule is C=C(N)c1ccc(-c2nc(CC(C)C)cnc2-c2cc(F)c(OC)c(F)c2)cc1. The van der Waals surface area contributed by atoms with Gasteiger partial charge < -0.3 is 10.5 Å². The highest BCUT2D eigenvalue weighted by atomic mass is 19.1. The maximum atomic E-state index is 14.3. The van der Waals surface area contributed by atoms with Gasteiger partial charge in [-0.2, -0.15) is 0 Å². The molecule has 0 saturated carbocycles. The zero-order valence-electron chi connectivity index (χ0n) is 16.7. The third-order valence-corrected chi connectivity index (χ3v) is 4.44. The quantitative estimate of drug-likeness (QED) is 0.621. The minimum Gasteiger partial charge on any atom is -0.491 e. The number of benzene rings is 2. The molecule has 0 aliphatic rings. The molecule has 0 unspecified atom stereocenters. The molecule has 2 N–H and O–H groups in total. The van der Waals surface area contributed by atoms with Crippen molar-refractivity contribution < 1.29 is 13.5 Å². The van der Waals surface area contributed by atoms with Crippen molar-refractivity contribution in [3.8, 4) is 28.3 Å². The molecule has 0 radical (unpaired) electrons. The molecule has 0 saturated heterocycles. The molecular weight excluding hydrogens is 372 g/mol. The second kappa shape index (κ2) is 8.39. The van der Waals surface area contributed by atoms with Crippen molar-refractivity contribution in [3.63, 3.8) is 0 Å². The molecule has 1 aromatic heterocycles. The average molecular weight is 395 g/mol. The summed E-state index contributed by atoms with van der Waals surface area (Å²) in [5, 5.41) is 0. The first-order valence-electron chi connectivity index (χ1n) is 9.24. The maximum Gasteiger partial charge on any atom is 0.190 e. The second-order valence-corrected chi connectivity index (χ2v) is 7.23. The van der Waals surface area contributed by atoms with E-state index >= 15 is 0 Å². The molecular formula is C23H23F2N3O. The van der Waals surface area contributed by atoms with Gasteiger partial charge in [-0.3, -0.25) is 4.98 Å². The van der Waals surface area contributed by atoms with Crippen molar-refractivity contribution in [2.24, 2.45) is 11.7 Å². The average Bonchev–Trinajstić information content (AvgIpc) is 2.67. The van der Waals surface area contributed by atoms with E-state index in [4.69, 9.17) is 15.5 Å². The number of hydrogen-bond acceptors (Lipinski definition) is 4. The molecule has 2 aromatic carbocycles. The van der Waals surface area contributed by atoms with Gasteiger partial charge in [-0.1, -0.05) is 44.7 Å².